The number of benzene rings is 1. The number of hydrogen-bond donors (Lipinski definition) is 1. The second-order valence-electron chi connectivity index (χ2n) is 5.15. The summed E-state index contributed by atoms with van der Waals surface area (Å²) in [5.41, 5.74) is 1.26. The van der Waals surface area contributed by atoms with E-state index in [0.29, 0.717) is 24.3 Å². The Hall–Kier alpha value is -3.16. The summed E-state index contributed by atoms with van der Waals surface area (Å²) in [6.07, 6.45) is 5.32. The maximum absolute atomic E-state index is 12.2. The summed E-state index contributed by atoms with van der Waals surface area (Å²) in [7, 11) is 3.42. The Balaban J connectivity index is 1.64. The minimum absolute atomic E-state index is 0.182. The molecule has 1 N–H and O–H groups in total. The van der Waals surface area contributed by atoms with Crippen LogP contribution in [-0.4, -0.2) is 44.1 Å². The second-order valence-corrected chi connectivity index (χ2v) is 5.15. The van der Waals surface area contributed by atoms with E-state index < -0.39 is 0 Å². The Kier molecular flexibility index (Phi) is 4.55. The molecule has 0 aliphatic heterocycles. The number of para-hydroxylation sites is 2. The normalized spacial score (nSPS) is 10.6. The van der Waals surface area contributed by atoms with Gasteiger partial charge in [-0.25, -0.2) is 9.67 Å². The maximum atomic E-state index is 12.2. The molecule has 2 heterocycles. The third-order valence-electron chi connectivity index (χ3n) is 3.62. The first kappa shape index (κ1) is 15.7. The smallest absolute Gasteiger partial charge is 0.254 e. The molecule has 0 aliphatic rings. The standard InChI is InChI=1S/C16H18N6O2/c1-21-15(18-11-20-21)7-8-17-16(23)12-9-19-22(10-12)13-5-3-4-6-14(13)24-2/h3-6,9-11H,7-8H2,1-2H3,(H,17,23). The van der Waals surface area contributed by atoms with Crippen molar-refractivity contribution in [2.24, 2.45) is 7.05 Å². The zero-order valence-electron chi connectivity index (χ0n) is 13.5. The van der Waals surface area contributed by atoms with E-state index in [9.17, 15) is 4.79 Å². The van der Waals surface area contributed by atoms with Gasteiger partial charge in [0.05, 0.1) is 18.9 Å². The van der Waals surface area contributed by atoms with E-state index in [1.807, 2.05) is 31.3 Å². The fraction of sp³-hybridized carbons (Fsp3) is 0.250. The van der Waals surface area contributed by atoms with Crippen LogP contribution < -0.4 is 10.1 Å². The van der Waals surface area contributed by atoms with Gasteiger partial charge < -0.3 is 10.1 Å². The van der Waals surface area contributed by atoms with Gasteiger partial charge in [-0.05, 0) is 12.1 Å². The summed E-state index contributed by atoms with van der Waals surface area (Å²) in [4.78, 5) is 16.3. The van der Waals surface area contributed by atoms with Crippen molar-refractivity contribution in [2.45, 2.75) is 6.42 Å². The summed E-state index contributed by atoms with van der Waals surface area (Å²) in [6, 6.07) is 7.49. The SMILES string of the molecule is COc1ccccc1-n1cc(C(=O)NCCc2ncnn2C)cn1. The Labute approximate surface area is 139 Å². The fourth-order valence-electron chi connectivity index (χ4n) is 2.33. The summed E-state index contributed by atoms with van der Waals surface area (Å²) in [5, 5.41) is 11.1. The molecule has 0 unspecified atom stereocenters. The van der Waals surface area contributed by atoms with Crippen molar-refractivity contribution in [3.8, 4) is 11.4 Å². The summed E-state index contributed by atoms with van der Waals surface area (Å²) in [6.45, 7) is 0.477. The van der Waals surface area contributed by atoms with E-state index in [4.69, 9.17) is 4.74 Å². The molecule has 0 atom stereocenters. The van der Waals surface area contributed by atoms with E-state index in [2.05, 4.69) is 20.5 Å². The largest absolute Gasteiger partial charge is 0.494 e. The molecule has 0 saturated carbocycles. The van der Waals surface area contributed by atoms with Gasteiger partial charge in [-0.3, -0.25) is 9.48 Å². The lowest BCUT2D eigenvalue weighted by atomic mass is 10.3. The summed E-state index contributed by atoms with van der Waals surface area (Å²) >= 11 is 0. The Morgan fingerprint density at radius 2 is 2.12 bits per heavy atom. The number of methoxy groups -OCH3 is 1. The topological polar surface area (TPSA) is 86.9 Å². The van der Waals surface area contributed by atoms with Crippen LogP contribution in [0.4, 0.5) is 0 Å². The van der Waals surface area contributed by atoms with Crippen molar-refractivity contribution in [1.82, 2.24) is 29.9 Å². The highest BCUT2D eigenvalue weighted by molar-refractivity contribution is 5.93. The Bertz CT molecular complexity index is 838. The molecule has 124 valence electrons. The molecule has 1 aromatic carbocycles. The van der Waals surface area contributed by atoms with E-state index in [1.54, 1.807) is 22.7 Å². The number of aromatic nitrogens is 5. The zero-order valence-corrected chi connectivity index (χ0v) is 13.5. The van der Waals surface area contributed by atoms with Crippen LogP contribution in [0.1, 0.15) is 16.2 Å². The van der Waals surface area contributed by atoms with Crippen LogP contribution in [0, 0.1) is 0 Å². The number of carbonyl (C=O) groups excluding carboxylic acids is 1. The predicted octanol–water partition coefficient (Wildman–Crippen LogP) is 0.982. The first-order valence-electron chi connectivity index (χ1n) is 7.48. The molecule has 3 aromatic rings. The van der Waals surface area contributed by atoms with Gasteiger partial charge in [-0.1, -0.05) is 12.1 Å². The molecule has 2 aromatic heterocycles. The van der Waals surface area contributed by atoms with Crippen LogP contribution in [0.2, 0.25) is 0 Å². The molecule has 8 heteroatoms. The lowest BCUT2D eigenvalue weighted by molar-refractivity contribution is 0.0954. The van der Waals surface area contributed by atoms with Crippen molar-refractivity contribution in [2.75, 3.05) is 13.7 Å². The first-order chi connectivity index (χ1) is 11.7. The average Bonchev–Trinajstić information content (AvgIpc) is 3.24. The number of aryl methyl sites for hydroxylation is 1. The van der Waals surface area contributed by atoms with Crippen LogP contribution >= 0.6 is 0 Å². The highest BCUT2D eigenvalue weighted by Gasteiger charge is 2.11. The molecular weight excluding hydrogens is 308 g/mol. The Morgan fingerprint density at radius 1 is 1.29 bits per heavy atom. The molecule has 1 amide bonds. The van der Waals surface area contributed by atoms with Gasteiger partial charge in [0.15, 0.2) is 0 Å². The summed E-state index contributed by atoms with van der Waals surface area (Å²) < 4.78 is 8.62. The molecule has 8 nitrogen and oxygen atoms in total. The van der Waals surface area contributed by atoms with Crippen molar-refractivity contribution >= 4 is 5.91 Å². The van der Waals surface area contributed by atoms with E-state index in [0.717, 1.165) is 11.5 Å². The predicted molar refractivity (Wildman–Crippen MR) is 87.2 cm³/mol. The van der Waals surface area contributed by atoms with Gasteiger partial charge in [0, 0.05) is 26.2 Å². The van der Waals surface area contributed by atoms with Gasteiger partial charge in [-0.2, -0.15) is 10.2 Å². The zero-order chi connectivity index (χ0) is 16.9. The van der Waals surface area contributed by atoms with E-state index in [-0.39, 0.29) is 5.91 Å². The van der Waals surface area contributed by atoms with Gasteiger partial charge in [0.2, 0.25) is 0 Å². The number of rotatable bonds is 6. The number of amides is 1. The van der Waals surface area contributed by atoms with Crippen LogP contribution in [0.5, 0.6) is 5.75 Å². The lowest BCUT2D eigenvalue weighted by Crippen LogP contribution is -2.26. The van der Waals surface area contributed by atoms with Crippen molar-refractivity contribution in [3.63, 3.8) is 0 Å². The maximum Gasteiger partial charge on any atom is 0.254 e. The highest BCUT2D eigenvalue weighted by atomic mass is 16.5. The first-order valence-corrected chi connectivity index (χ1v) is 7.48. The molecule has 0 radical (unpaired) electrons. The van der Waals surface area contributed by atoms with E-state index in [1.165, 1.54) is 12.5 Å². The molecule has 0 bridgehead atoms. The van der Waals surface area contributed by atoms with Gasteiger partial charge in [0.1, 0.15) is 23.6 Å². The number of carbonyl (C=O) groups is 1. The Morgan fingerprint density at radius 3 is 2.88 bits per heavy atom. The summed E-state index contributed by atoms with van der Waals surface area (Å²) in [5.74, 6) is 1.33. The number of nitrogens with one attached hydrogen (secondary N) is 1. The molecule has 0 spiro atoms. The minimum Gasteiger partial charge on any atom is -0.494 e. The fourth-order valence-corrected chi connectivity index (χ4v) is 2.33. The molecular formula is C16H18N6O2. The number of ether oxygens (including phenoxy) is 1. The van der Waals surface area contributed by atoms with E-state index >= 15 is 0 Å². The molecule has 0 saturated heterocycles. The number of hydrogen-bond acceptors (Lipinski definition) is 5. The monoisotopic (exact) mass is 326 g/mol. The molecule has 3 rings (SSSR count). The third kappa shape index (κ3) is 3.27. The number of nitrogens with zero attached hydrogens (tertiary/aromatic N) is 5. The minimum atomic E-state index is -0.182. The van der Waals surface area contributed by atoms with Crippen molar-refractivity contribution in [3.05, 3.63) is 54.4 Å². The van der Waals surface area contributed by atoms with Crippen molar-refractivity contribution < 1.29 is 9.53 Å². The van der Waals surface area contributed by atoms with Gasteiger partial charge >= 0.3 is 0 Å². The molecule has 24 heavy (non-hydrogen) atoms. The quantitative estimate of drug-likeness (QED) is 0.730. The second kappa shape index (κ2) is 6.95. The lowest BCUT2D eigenvalue weighted by Gasteiger charge is -2.07. The molecule has 0 fully saturated rings. The van der Waals surface area contributed by atoms with Crippen LogP contribution in [0.25, 0.3) is 5.69 Å². The van der Waals surface area contributed by atoms with Crippen LogP contribution in [-0.2, 0) is 13.5 Å². The van der Waals surface area contributed by atoms with Crippen molar-refractivity contribution in [1.29, 1.82) is 0 Å². The van der Waals surface area contributed by atoms with Gasteiger partial charge in [0.25, 0.3) is 5.91 Å². The third-order valence-corrected chi connectivity index (χ3v) is 3.62. The van der Waals surface area contributed by atoms with Gasteiger partial charge in [-0.15, -0.1) is 0 Å². The average molecular weight is 326 g/mol. The highest BCUT2D eigenvalue weighted by Crippen LogP contribution is 2.21. The van der Waals surface area contributed by atoms with Crippen LogP contribution in [0.15, 0.2) is 43.0 Å². The molecule has 0 aliphatic carbocycles. The van der Waals surface area contributed by atoms with Crippen LogP contribution in [0.3, 0.4) is 0 Å².